The Kier molecular flexibility index (Phi) is 10.2. The van der Waals surface area contributed by atoms with Crippen molar-refractivity contribution >= 4 is 32.6 Å². The maximum absolute atomic E-state index is 14.5. The fourth-order valence-electron chi connectivity index (χ4n) is 6.78. The zero-order chi connectivity index (χ0) is 34.2. The predicted molar refractivity (Wildman–Crippen MR) is 201 cm³/mol. The molecule has 7 rings (SSSR count). The van der Waals surface area contributed by atoms with Gasteiger partial charge >= 0.3 is 11.9 Å². The van der Waals surface area contributed by atoms with Gasteiger partial charge in [0.05, 0.1) is 11.8 Å². The van der Waals surface area contributed by atoms with Gasteiger partial charge in [-0.2, -0.15) is 0 Å². The lowest BCUT2D eigenvalue weighted by Crippen LogP contribution is -2.31. The molecule has 2 unspecified atom stereocenters. The summed E-state index contributed by atoms with van der Waals surface area (Å²) in [7, 11) is -4.83. The van der Waals surface area contributed by atoms with Gasteiger partial charge in [0.1, 0.15) is 0 Å². The van der Waals surface area contributed by atoms with Crippen molar-refractivity contribution in [3.05, 3.63) is 182 Å². The third kappa shape index (κ3) is 6.61. The molecular formula is C44H40O4S2. The summed E-state index contributed by atoms with van der Waals surface area (Å²) in [5.41, 5.74) is 0. The maximum Gasteiger partial charge on any atom is 0.320 e. The molecule has 1 saturated carbocycles. The van der Waals surface area contributed by atoms with E-state index in [1.807, 2.05) is 182 Å². The van der Waals surface area contributed by atoms with Gasteiger partial charge in [0.15, 0.2) is 0 Å². The van der Waals surface area contributed by atoms with E-state index in [0.717, 1.165) is 35.8 Å². The predicted octanol–water partition coefficient (Wildman–Crippen LogP) is 11.7. The number of rotatable bonds is 10. The van der Waals surface area contributed by atoms with E-state index in [1.165, 1.54) is 0 Å². The second-order valence-electron chi connectivity index (χ2n) is 12.4. The molecule has 1 aliphatic carbocycles. The van der Waals surface area contributed by atoms with Gasteiger partial charge in [-0.25, -0.2) is 0 Å². The van der Waals surface area contributed by atoms with E-state index in [1.54, 1.807) is 0 Å². The molecule has 4 nitrogen and oxygen atoms in total. The molecule has 0 spiro atoms. The highest BCUT2D eigenvalue weighted by atomic mass is 32.3. The van der Waals surface area contributed by atoms with E-state index in [4.69, 9.17) is 8.37 Å². The molecule has 0 aliphatic heterocycles. The van der Waals surface area contributed by atoms with Crippen LogP contribution in [0.4, 0.5) is 0 Å². The Balaban J connectivity index is 1.22. The van der Waals surface area contributed by atoms with Crippen LogP contribution in [0.15, 0.2) is 211 Å². The Labute approximate surface area is 298 Å². The summed E-state index contributed by atoms with van der Waals surface area (Å²) in [4.78, 5) is 34.7. The van der Waals surface area contributed by atoms with Crippen molar-refractivity contribution in [2.75, 3.05) is 0 Å². The van der Waals surface area contributed by atoms with Crippen molar-refractivity contribution < 1.29 is 18.0 Å². The monoisotopic (exact) mass is 696 g/mol. The summed E-state index contributed by atoms with van der Waals surface area (Å²) in [5.74, 6) is -1.44. The quantitative estimate of drug-likeness (QED) is 0.143. The number of carbonyl (C=O) groups is 2. The molecule has 0 radical (unpaired) electrons. The van der Waals surface area contributed by atoms with Crippen LogP contribution >= 0.6 is 20.6 Å². The van der Waals surface area contributed by atoms with Crippen LogP contribution < -0.4 is 0 Å². The Morgan fingerprint density at radius 3 is 0.820 bits per heavy atom. The average molecular weight is 697 g/mol. The fourth-order valence-corrected chi connectivity index (χ4v) is 13.0. The van der Waals surface area contributed by atoms with Gasteiger partial charge in [-0.05, 0) is 113 Å². The fraction of sp³-hybridized carbons (Fsp3) is 0.136. The maximum atomic E-state index is 14.5. The summed E-state index contributed by atoms with van der Waals surface area (Å²) in [6.45, 7) is 0. The highest BCUT2D eigenvalue weighted by Crippen LogP contribution is 2.70. The first-order valence-electron chi connectivity index (χ1n) is 17.0. The Bertz CT molecular complexity index is 1650. The van der Waals surface area contributed by atoms with E-state index in [2.05, 4.69) is 0 Å². The second-order valence-corrected chi connectivity index (χ2v) is 17.7. The van der Waals surface area contributed by atoms with Gasteiger partial charge in [-0.1, -0.05) is 116 Å². The third-order valence-electron chi connectivity index (χ3n) is 9.21. The van der Waals surface area contributed by atoms with Crippen molar-refractivity contribution in [1.82, 2.24) is 0 Å². The van der Waals surface area contributed by atoms with E-state index in [0.29, 0.717) is 19.3 Å². The van der Waals surface area contributed by atoms with Crippen molar-refractivity contribution in [1.29, 1.82) is 0 Å². The Morgan fingerprint density at radius 2 is 0.600 bits per heavy atom. The molecule has 6 aromatic rings. The zero-order valence-corrected chi connectivity index (χ0v) is 29.4. The van der Waals surface area contributed by atoms with Crippen LogP contribution in [-0.2, 0) is 18.0 Å². The number of hydrogen-bond donors (Lipinski definition) is 0. The number of carbonyl (C=O) groups excluding carboxylic acids is 2. The van der Waals surface area contributed by atoms with E-state index in [-0.39, 0.29) is 11.9 Å². The normalized spacial score (nSPS) is 16.9. The molecule has 6 heteroatoms. The standard InChI is InChI=1S/C44H40O4S2/c45-43(47-49(37-22-7-1-8-23-37,38-24-9-2-10-25-38)39-26-11-3-12-27-39)35-20-19-21-36(34-35)44(46)48-50(40-28-13-4-14-29-40,41-30-15-5-16-31-41)42-32-17-6-18-33-42/h1-18,22-33,35-36H,19-21,34H2. The number of hydrogen-bond acceptors (Lipinski definition) is 4. The molecule has 1 fully saturated rings. The first kappa shape index (κ1) is 33.5. The average Bonchev–Trinajstić information content (AvgIpc) is 3.21. The van der Waals surface area contributed by atoms with Gasteiger partial charge in [-0.15, -0.1) is 0 Å². The topological polar surface area (TPSA) is 52.6 Å². The van der Waals surface area contributed by atoms with E-state index >= 15 is 0 Å². The van der Waals surface area contributed by atoms with Crippen molar-refractivity contribution in [3.8, 4) is 0 Å². The summed E-state index contributed by atoms with van der Waals surface area (Å²) >= 11 is 0. The van der Waals surface area contributed by atoms with Gasteiger partial charge in [0.2, 0.25) is 0 Å². The SMILES string of the molecule is O=C(OS(c1ccccc1)(c1ccccc1)c1ccccc1)C1CCCC(C(=O)OS(c2ccccc2)(c2ccccc2)c2ccccc2)C1. The smallest absolute Gasteiger partial charge is 0.320 e. The highest BCUT2D eigenvalue weighted by Gasteiger charge is 2.42. The molecular weight excluding hydrogens is 657 g/mol. The van der Waals surface area contributed by atoms with Crippen molar-refractivity contribution in [2.24, 2.45) is 11.8 Å². The molecule has 0 aromatic heterocycles. The van der Waals surface area contributed by atoms with Crippen LogP contribution in [0.25, 0.3) is 0 Å². The minimum atomic E-state index is -2.42. The van der Waals surface area contributed by atoms with Crippen molar-refractivity contribution in [2.45, 2.75) is 55.1 Å². The second kappa shape index (κ2) is 15.2. The Hall–Kier alpha value is -5.04. The minimum Gasteiger partial charge on any atom is -0.402 e. The first-order chi connectivity index (χ1) is 24.6. The van der Waals surface area contributed by atoms with Crippen LogP contribution in [0, 0.1) is 11.8 Å². The van der Waals surface area contributed by atoms with Gasteiger partial charge in [0.25, 0.3) is 0 Å². The number of benzene rings is 6. The summed E-state index contributed by atoms with van der Waals surface area (Å²) < 4.78 is 13.7. The zero-order valence-electron chi connectivity index (χ0n) is 27.8. The molecule has 0 N–H and O–H groups in total. The van der Waals surface area contributed by atoms with Gasteiger partial charge < -0.3 is 8.37 Å². The lowest BCUT2D eigenvalue weighted by Gasteiger charge is -2.42. The summed E-state index contributed by atoms with van der Waals surface area (Å²) in [6.07, 6.45) is 2.42. The Morgan fingerprint density at radius 1 is 0.380 bits per heavy atom. The molecule has 252 valence electrons. The lowest BCUT2D eigenvalue weighted by atomic mass is 9.81. The van der Waals surface area contributed by atoms with Crippen LogP contribution in [0.3, 0.4) is 0 Å². The molecule has 0 heterocycles. The van der Waals surface area contributed by atoms with Crippen LogP contribution in [0.2, 0.25) is 0 Å². The molecule has 1 aliphatic rings. The summed E-state index contributed by atoms with van der Waals surface area (Å²) in [5, 5.41) is 0. The van der Waals surface area contributed by atoms with Crippen LogP contribution in [0.5, 0.6) is 0 Å². The third-order valence-corrected chi connectivity index (χ3v) is 15.7. The van der Waals surface area contributed by atoms with Gasteiger partial charge in [0, 0.05) is 29.4 Å². The molecule has 0 amide bonds. The van der Waals surface area contributed by atoms with Crippen LogP contribution in [-0.4, -0.2) is 11.9 Å². The van der Waals surface area contributed by atoms with E-state index in [9.17, 15) is 9.59 Å². The molecule has 0 saturated heterocycles. The van der Waals surface area contributed by atoms with Crippen LogP contribution in [0.1, 0.15) is 25.7 Å². The molecule has 6 aromatic carbocycles. The summed E-state index contributed by atoms with van der Waals surface area (Å²) in [6, 6.07) is 60.3. The highest BCUT2D eigenvalue weighted by molar-refractivity contribution is 8.30. The lowest BCUT2D eigenvalue weighted by molar-refractivity contribution is -0.144. The molecule has 50 heavy (non-hydrogen) atoms. The van der Waals surface area contributed by atoms with E-state index < -0.39 is 32.5 Å². The molecule has 0 bridgehead atoms. The van der Waals surface area contributed by atoms with Gasteiger partial charge in [-0.3, -0.25) is 9.59 Å². The minimum absolute atomic E-state index is 0.276. The molecule has 2 atom stereocenters. The first-order valence-corrected chi connectivity index (χ1v) is 20.2. The largest absolute Gasteiger partial charge is 0.402 e. The van der Waals surface area contributed by atoms with Crippen molar-refractivity contribution in [3.63, 3.8) is 0 Å².